The number of carbonyl (C=O) groups excluding carboxylic acids is 1. The molecule has 0 saturated heterocycles. The van der Waals surface area contributed by atoms with Crippen molar-refractivity contribution in [2.45, 2.75) is 38.6 Å². The highest BCUT2D eigenvalue weighted by Gasteiger charge is 2.33. The average Bonchev–Trinajstić information content (AvgIpc) is 3.09. The lowest BCUT2D eigenvalue weighted by atomic mass is 9.83. The van der Waals surface area contributed by atoms with E-state index in [-0.39, 0.29) is 0 Å². The van der Waals surface area contributed by atoms with Gasteiger partial charge in [0.2, 0.25) is 5.91 Å². The van der Waals surface area contributed by atoms with E-state index in [0.717, 1.165) is 31.1 Å². The average molecular weight is 346 g/mol. The number of nitrogens with one attached hydrogen (secondary N) is 2. The van der Waals surface area contributed by atoms with Gasteiger partial charge in [-0.1, -0.05) is 25.0 Å². The Morgan fingerprint density at radius 3 is 2.48 bits per heavy atom. The zero-order chi connectivity index (χ0) is 18.1. The van der Waals surface area contributed by atoms with Crippen LogP contribution in [0.15, 0.2) is 29.3 Å². The Balaban J connectivity index is 1.84. The van der Waals surface area contributed by atoms with Crippen molar-refractivity contribution in [1.29, 1.82) is 0 Å². The molecule has 4 N–H and O–H groups in total. The van der Waals surface area contributed by atoms with Crippen molar-refractivity contribution in [2.24, 2.45) is 16.1 Å². The number of methoxy groups -OCH3 is 1. The van der Waals surface area contributed by atoms with Crippen LogP contribution in [0.5, 0.6) is 0 Å². The zero-order valence-corrected chi connectivity index (χ0v) is 15.3. The summed E-state index contributed by atoms with van der Waals surface area (Å²) in [7, 11) is 3.54. The normalized spacial score (nSPS) is 16.6. The number of guanidine groups is 1. The summed E-state index contributed by atoms with van der Waals surface area (Å²) in [5.41, 5.74) is 7.17. The molecule has 0 aliphatic heterocycles. The molecule has 0 heterocycles. The monoisotopic (exact) mass is 346 g/mol. The Bertz CT molecular complexity index is 578. The summed E-state index contributed by atoms with van der Waals surface area (Å²) in [6.45, 7) is 2.36. The summed E-state index contributed by atoms with van der Waals surface area (Å²) < 4.78 is 5.29. The number of nitrogens with zero attached hydrogens (tertiary/aromatic N) is 1. The molecule has 1 aliphatic rings. The highest BCUT2D eigenvalue weighted by Crippen LogP contribution is 2.40. The van der Waals surface area contributed by atoms with Gasteiger partial charge in [-0.25, -0.2) is 0 Å². The van der Waals surface area contributed by atoms with E-state index >= 15 is 0 Å². The van der Waals surface area contributed by atoms with Crippen molar-refractivity contribution in [1.82, 2.24) is 10.6 Å². The lowest BCUT2D eigenvalue weighted by Crippen LogP contribution is -2.43. The predicted molar refractivity (Wildman–Crippen MR) is 101 cm³/mol. The molecule has 0 atom stereocenters. The Morgan fingerprint density at radius 1 is 1.24 bits per heavy atom. The van der Waals surface area contributed by atoms with Crippen molar-refractivity contribution in [3.8, 4) is 0 Å². The zero-order valence-electron chi connectivity index (χ0n) is 15.3. The molecule has 138 valence electrons. The Hall–Kier alpha value is -2.08. The first kappa shape index (κ1) is 19.2. The van der Waals surface area contributed by atoms with Crippen LogP contribution in [0.4, 0.5) is 0 Å². The molecule has 0 spiro atoms. The van der Waals surface area contributed by atoms with Crippen LogP contribution in [-0.4, -0.2) is 39.2 Å². The van der Waals surface area contributed by atoms with E-state index in [2.05, 4.69) is 15.6 Å². The summed E-state index contributed by atoms with van der Waals surface area (Å²) in [6, 6.07) is 7.29. The van der Waals surface area contributed by atoms with E-state index in [1.54, 1.807) is 26.3 Å². The van der Waals surface area contributed by atoms with Crippen molar-refractivity contribution in [3.63, 3.8) is 0 Å². The summed E-state index contributed by atoms with van der Waals surface area (Å²) in [6.07, 6.45) is 6.17. The van der Waals surface area contributed by atoms with E-state index in [1.165, 1.54) is 25.7 Å². The number of amides is 1. The minimum atomic E-state index is -0.407. The Labute approximate surface area is 150 Å². The fourth-order valence-corrected chi connectivity index (χ4v) is 3.42. The van der Waals surface area contributed by atoms with Crippen LogP contribution >= 0.6 is 0 Å². The number of ether oxygens (including phenoxy) is 1. The quantitative estimate of drug-likeness (QED) is 0.496. The summed E-state index contributed by atoms with van der Waals surface area (Å²) in [5, 5.41) is 6.79. The van der Waals surface area contributed by atoms with Crippen molar-refractivity contribution in [3.05, 3.63) is 35.4 Å². The van der Waals surface area contributed by atoms with Crippen molar-refractivity contribution in [2.75, 3.05) is 27.3 Å². The van der Waals surface area contributed by atoms with Gasteiger partial charge in [-0.3, -0.25) is 9.79 Å². The smallest absolute Gasteiger partial charge is 0.248 e. The van der Waals surface area contributed by atoms with Crippen LogP contribution in [0.1, 0.15) is 48.0 Å². The number of nitrogens with two attached hydrogens (primary N) is 1. The van der Waals surface area contributed by atoms with E-state index in [0.29, 0.717) is 17.5 Å². The van der Waals surface area contributed by atoms with E-state index in [9.17, 15) is 4.79 Å². The third-order valence-electron chi connectivity index (χ3n) is 5.05. The molecule has 1 saturated carbocycles. The van der Waals surface area contributed by atoms with Crippen LogP contribution in [-0.2, 0) is 11.3 Å². The molecular formula is C19H30N4O2. The van der Waals surface area contributed by atoms with Gasteiger partial charge in [0, 0.05) is 39.4 Å². The maximum Gasteiger partial charge on any atom is 0.248 e. The molecular weight excluding hydrogens is 316 g/mol. The van der Waals surface area contributed by atoms with Gasteiger partial charge >= 0.3 is 0 Å². The molecule has 0 aromatic heterocycles. The maximum atomic E-state index is 11.1. The largest absolute Gasteiger partial charge is 0.385 e. The number of hydrogen-bond acceptors (Lipinski definition) is 3. The molecule has 1 aromatic carbocycles. The topological polar surface area (TPSA) is 88.7 Å². The molecule has 0 unspecified atom stereocenters. The minimum absolute atomic E-state index is 0.316. The molecule has 6 nitrogen and oxygen atoms in total. The lowest BCUT2D eigenvalue weighted by molar-refractivity contribution is 0.100. The highest BCUT2D eigenvalue weighted by molar-refractivity contribution is 5.92. The Kier molecular flexibility index (Phi) is 7.25. The van der Waals surface area contributed by atoms with E-state index < -0.39 is 5.91 Å². The second-order valence-electron chi connectivity index (χ2n) is 6.79. The molecule has 0 bridgehead atoms. The molecule has 1 aromatic rings. The van der Waals surface area contributed by atoms with Crippen LogP contribution < -0.4 is 16.4 Å². The maximum absolute atomic E-state index is 11.1. The SMILES string of the molecule is CN=C(NCc1ccc(C(N)=O)cc1)NCC1(CCOC)CCCC1. The molecule has 1 fully saturated rings. The fourth-order valence-electron chi connectivity index (χ4n) is 3.42. The van der Waals surface area contributed by atoms with Gasteiger partial charge in [0.1, 0.15) is 0 Å². The van der Waals surface area contributed by atoms with Crippen molar-refractivity contribution >= 4 is 11.9 Å². The number of carbonyl (C=O) groups is 1. The molecule has 2 rings (SSSR count). The van der Waals surface area contributed by atoms with Gasteiger partial charge in [0.25, 0.3) is 0 Å². The molecule has 25 heavy (non-hydrogen) atoms. The first-order valence-corrected chi connectivity index (χ1v) is 8.91. The third kappa shape index (κ3) is 5.74. The summed E-state index contributed by atoms with van der Waals surface area (Å²) in [4.78, 5) is 15.4. The molecule has 0 radical (unpaired) electrons. The molecule has 1 aliphatic carbocycles. The van der Waals surface area contributed by atoms with Crippen LogP contribution in [0, 0.1) is 5.41 Å². The number of rotatable bonds is 8. The number of benzene rings is 1. The van der Waals surface area contributed by atoms with Gasteiger partial charge in [-0.15, -0.1) is 0 Å². The van der Waals surface area contributed by atoms with Crippen LogP contribution in [0.2, 0.25) is 0 Å². The van der Waals surface area contributed by atoms with Gasteiger partial charge in [-0.05, 0) is 42.4 Å². The number of hydrogen-bond donors (Lipinski definition) is 3. The lowest BCUT2D eigenvalue weighted by Gasteiger charge is -2.30. The minimum Gasteiger partial charge on any atom is -0.385 e. The van der Waals surface area contributed by atoms with Crippen LogP contribution in [0.25, 0.3) is 0 Å². The van der Waals surface area contributed by atoms with Crippen molar-refractivity contribution < 1.29 is 9.53 Å². The molecule has 1 amide bonds. The van der Waals surface area contributed by atoms with Gasteiger partial charge in [0.15, 0.2) is 5.96 Å². The third-order valence-corrected chi connectivity index (χ3v) is 5.05. The van der Waals surface area contributed by atoms with Gasteiger partial charge in [-0.2, -0.15) is 0 Å². The van der Waals surface area contributed by atoms with E-state index in [1.807, 2.05) is 12.1 Å². The standard InChI is InChI=1S/C19H30N4O2/c1-21-18(22-13-15-5-7-16(8-6-15)17(20)24)23-14-19(11-12-25-2)9-3-4-10-19/h5-8H,3-4,9-14H2,1-2H3,(H2,20,24)(H2,21,22,23). The second-order valence-corrected chi connectivity index (χ2v) is 6.79. The number of aliphatic imine (C=N–C) groups is 1. The van der Waals surface area contributed by atoms with Crippen LogP contribution in [0.3, 0.4) is 0 Å². The van der Waals surface area contributed by atoms with Gasteiger partial charge in [0.05, 0.1) is 0 Å². The summed E-state index contributed by atoms with van der Waals surface area (Å²) in [5.74, 6) is 0.387. The van der Waals surface area contributed by atoms with E-state index in [4.69, 9.17) is 10.5 Å². The second kappa shape index (κ2) is 9.42. The molecule has 6 heteroatoms. The Morgan fingerprint density at radius 2 is 1.92 bits per heavy atom. The van der Waals surface area contributed by atoms with Gasteiger partial charge < -0.3 is 21.1 Å². The fraction of sp³-hybridized carbons (Fsp3) is 0.579. The number of primary amides is 1. The predicted octanol–water partition coefficient (Wildman–Crippen LogP) is 2.05. The first-order chi connectivity index (χ1) is 12.1. The summed E-state index contributed by atoms with van der Waals surface area (Å²) >= 11 is 0. The highest BCUT2D eigenvalue weighted by atomic mass is 16.5. The first-order valence-electron chi connectivity index (χ1n) is 8.91.